The van der Waals surface area contributed by atoms with Crippen LogP contribution >= 0.6 is 0 Å². The number of fused-ring (bicyclic) bond motifs is 1. The highest BCUT2D eigenvalue weighted by Crippen LogP contribution is 2.31. The molecule has 1 saturated heterocycles. The minimum Gasteiger partial charge on any atom is -0.454 e. The second-order valence-corrected chi connectivity index (χ2v) is 8.53. The van der Waals surface area contributed by atoms with Crippen molar-refractivity contribution in [1.29, 1.82) is 0 Å². The number of pyridine rings is 1. The highest BCUT2D eigenvalue weighted by molar-refractivity contribution is 6.05. The Hall–Kier alpha value is -3.71. The molecule has 1 fully saturated rings. The van der Waals surface area contributed by atoms with E-state index in [1.165, 1.54) is 0 Å². The number of aromatic nitrogens is 1. The number of cyclic esters (lactones) is 1. The maximum atomic E-state index is 12.9. The van der Waals surface area contributed by atoms with Gasteiger partial charge in [0.2, 0.25) is 0 Å². The van der Waals surface area contributed by atoms with E-state index in [0.29, 0.717) is 23.4 Å². The lowest BCUT2D eigenvalue weighted by Gasteiger charge is -2.33. The van der Waals surface area contributed by atoms with Gasteiger partial charge in [0.1, 0.15) is 11.9 Å². The fraction of sp³-hybridized carbons (Fsp3) is 0.269. The van der Waals surface area contributed by atoms with E-state index in [-0.39, 0.29) is 18.0 Å². The lowest BCUT2D eigenvalue weighted by Crippen LogP contribution is -2.44. The first kappa shape index (κ1) is 21.2. The number of hydrogen-bond donors (Lipinski definition) is 1. The molecule has 5 rings (SSSR count). The first-order valence-electron chi connectivity index (χ1n) is 11.2. The molecular weight excluding hydrogens is 416 g/mol. The highest BCUT2D eigenvalue weighted by atomic mass is 16.5. The molecule has 168 valence electrons. The largest absolute Gasteiger partial charge is 0.454 e. The monoisotopic (exact) mass is 442 g/mol. The quantitative estimate of drug-likeness (QED) is 0.623. The fourth-order valence-electron chi connectivity index (χ4n) is 4.29. The Labute approximate surface area is 193 Å². The van der Waals surface area contributed by atoms with Gasteiger partial charge in [-0.15, -0.1) is 0 Å². The maximum absolute atomic E-state index is 12.9. The summed E-state index contributed by atoms with van der Waals surface area (Å²) in [5, 5.41) is 2.86. The summed E-state index contributed by atoms with van der Waals surface area (Å²) in [6, 6.07) is 18.6. The molecule has 1 atom stereocenters. The predicted molar refractivity (Wildman–Crippen MR) is 127 cm³/mol. The molecule has 0 spiro atoms. The minimum absolute atomic E-state index is 0.257. The molecule has 0 radical (unpaired) electrons. The van der Waals surface area contributed by atoms with Crippen molar-refractivity contribution in [1.82, 2.24) is 9.88 Å². The summed E-state index contributed by atoms with van der Waals surface area (Å²) < 4.78 is 5.61. The third-order valence-corrected chi connectivity index (χ3v) is 6.27. The zero-order valence-corrected chi connectivity index (χ0v) is 18.5. The van der Waals surface area contributed by atoms with Gasteiger partial charge in [0.15, 0.2) is 0 Å². The molecule has 1 aromatic heterocycles. The number of nitrogens with one attached hydrogen (secondary N) is 1. The third kappa shape index (κ3) is 4.59. The molecule has 0 bridgehead atoms. The summed E-state index contributed by atoms with van der Waals surface area (Å²) in [5.74, 6) is -0.122. The normalized spacial score (nSPS) is 18.4. The van der Waals surface area contributed by atoms with Crippen LogP contribution < -0.4 is 10.2 Å². The van der Waals surface area contributed by atoms with Gasteiger partial charge in [-0.3, -0.25) is 4.79 Å². The van der Waals surface area contributed by atoms with E-state index < -0.39 is 0 Å². The molecule has 2 aliphatic rings. The van der Waals surface area contributed by atoms with E-state index in [1.807, 2.05) is 42.5 Å². The molecule has 1 unspecified atom stereocenters. The van der Waals surface area contributed by atoms with E-state index >= 15 is 0 Å². The van der Waals surface area contributed by atoms with Crippen molar-refractivity contribution in [3.63, 3.8) is 0 Å². The Morgan fingerprint density at radius 2 is 1.82 bits per heavy atom. The summed E-state index contributed by atoms with van der Waals surface area (Å²) in [5.41, 5.74) is 3.80. The molecule has 3 aromatic rings. The molecule has 0 saturated carbocycles. The maximum Gasteiger partial charge on any atom is 0.339 e. The van der Waals surface area contributed by atoms with Gasteiger partial charge in [0, 0.05) is 38.2 Å². The Balaban J connectivity index is 1.28. The standard InChI is InChI=1S/C26H26N4O3/c1-29-11-13-30(14-12-29)21-8-10-24(27-17-21)28-25(31)19-7-9-22-20(15-19)16-23(33-26(22)32)18-5-3-2-4-6-18/h2-10,15,17,23H,11-14,16H2,1H3,(H,27,28,31). The number of amides is 1. The van der Waals surface area contributed by atoms with Crippen molar-refractivity contribution < 1.29 is 14.3 Å². The Morgan fingerprint density at radius 3 is 2.55 bits per heavy atom. The van der Waals surface area contributed by atoms with Gasteiger partial charge in [-0.1, -0.05) is 30.3 Å². The minimum atomic E-state index is -0.363. The van der Waals surface area contributed by atoms with Gasteiger partial charge in [-0.25, -0.2) is 9.78 Å². The average molecular weight is 443 g/mol. The van der Waals surface area contributed by atoms with Gasteiger partial charge < -0.3 is 19.9 Å². The zero-order chi connectivity index (χ0) is 22.8. The number of anilines is 2. The van der Waals surface area contributed by atoms with Crippen LogP contribution in [0.3, 0.4) is 0 Å². The Kier molecular flexibility index (Phi) is 5.79. The molecule has 1 amide bonds. The second kappa shape index (κ2) is 9.03. The van der Waals surface area contributed by atoms with E-state index in [0.717, 1.165) is 43.0 Å². The summed E-state index contributed by atoms with van der Waals surface area (Å²) in [6.45, 7) is 3.97. The van der Waals surface area contributed by atoms with E-state index in [2.05, 4.69) is 27.1 Å². The fourth-order valence-corrected chi connectivity index (χ4v) is 4.29. The van der Waals surface area contributed by atoms with E-state index in [9.17, 15) is 9.59 Å². The highest BCUT2D eigenvalue weighted by Gasteiger charge is 2.28. The van der Waals surface area contributed by atoms with Gasteiger partial charge in [-0.05, 0) is 48.5 Å². The number of carbonyl (C=O) groups excluding carboxylic acids is 2. The lowest BCUT2D eigenvalue weighted by molar-refractivity contribution is 0.0252. The number of carbonyl (C=O) groups is 2. The molecule has 2 aliphatic heterocycles. The molecule has 1 N–H and O–H groups in total. The van der Waals surface area contributed by atoms with E-state index in [1.54, 1.807) is 24.4 Å². The van der Waals surface area contributed by atoms with Gasteiger partial charge in [-0.2, -0.15) is 0 Å². The number of hydrogen-bond acceptors (Lipinski definition) is 6. The van der Waals surface area contributed by atoms with Crippen LogP contribution in [0, 0.1) is 0 Å². The van der Waals surface area contributed by atoms with Gasteiger partial charge in [0.05, 0.1) is 17.4 Å². The van der Waals surface area contributed by atoms with Gasteiger partial charge in [0.25, 0.3) is 5.91 Å². The van der Waals surface area contributed by atoms with Crippen molar-refractivity contribution in [2.24, 2.45) is 0 Å². The summed E-state index contributed by atoms with van der Waals surface area (Å²) in [4.78, 5) is 34.4. The number of piperazine rings is 1. The molecule has 0 aliphatic carbocycles. The lowest BCUT2D eigenvalue weighted by atomic mass is 9.93. The van der Waals surface area contributed by atoms with Crippen molar-refractivity contribution in [3.05, 3.63) is 89.1 Å². The molecule has 33 heavy (non-hydrogen) atoms. The average Bonchev–Trinajstić information content (AvgIpc) is 2.85. The topological polar surface area (TPSA) is 74.8 Å². The number of rotatable bonds is 4. The summed E-state index contributed by atoms with van der Waals surface area (Å²) in [7, 11) is 2.12. The van der Waals surface area contributed by atoms with Crippen LogP contribution in [-0.2, 0) is 11.2 Å². The SMILES string of the molecule is CN1CCN(c2ccc(NC(=O)c3ccc4c(c3)CC(c3ccccc3)OC4=O)nc2)CC1. The molecule has 7 heteroatoms. The van der Waals surface area contributed by atoms with E-state index in [4.69, 9.17) is 4.74 Å². The molecule has 2 aromatic carbocycles. The van der Waals surface area contributed by atoms with Gasteiger partial charge >= 0.3 is 5.97 Å². The van der Waals surface area contributed by atoms with Crippen molar-refractivity contribution in [2.75, 3.05) is 43.4 Å². The Morgan fingerprint density at radius 1 is 1.03 bits per heavy atom. The molecular formula is C26H26N4O3. The van der Waals surface area contributed by atoms with Crippen LogP contribution in [0.5, 0.6) is 0 Å². The summed E-state index contributed by atoms with van der Waals surface area (Å²) >= 11 is 0. The number of likely N-dealkylation sites (N-methyl/N-ethyl adjacent to an activating group) is 1. The summed E-state index contributed by atoms with van der Waals surface area (Å²) in [6.07, 6.45) is 1.98. The number of benzene rings is 2. The van der Waals surface area contributed by atoms with Crippen LogP contribution in [0.25, 0.3) is 0 Å². The smallest absolute Gasteiger partial charge is 0.339 e. The molecule has 3 heterocycles. The number of esters is 1. The first-order valence-corrected chi connectivity index (χ1v) is 11.2. The number of nitrogens with zero attached hydrogens (tertiary/aromatic N) is 3. The Bertz CT molecular complexity index is 1160. The second-order valence-electron chi connectivity index (χ2n) is 8.53. The van der Waals surface area contributed by atoms with Crippen LogP contribution in [0.1, 0.15) is 37.9 Å². The zero-order valence-electron chi connectivity index (χ0n) is 18.5. The predicted octanol–water partition coefficient (Wildman–Crippen LogP) is 3.54. The number of ether oxygens (including phenoxy) is 1. The van der Waals surface area contributed by atoms with Crippen LogP contribution in [0.4, 0.5) is 11.5 Å². The van der Waals surface area contributed by atoms with Crippen molar-refractivity contribution in [3.8, 4) is 0 Å². The first-order chi connectivity index (χ1) is 16.1. The van der Waals surface area contributed by atoms with Crippen molar-refractivity contribution >= 4 is 23.4 Å². The van der Waals surface area contributed by atoms with Crippen LogP contribution in [0.15, 0.2) is 66.9 Å². The third-order valence-electron chi connectivity index (χ3n) is 6.27. The van der Waals surface area contributed by atoms with Crippen LogP contribution in [-0.4, -0.2) is 55.0 Å². The van der Waals surface area contributed by atoms with Crippen LogP contribution in [0.2, 0.25) is 0 Å². The molecule has 7 nitrogen and oxygen atoms in total. The van der Waals surface area contributed by atoms with Crippen molar-refractivity contribution in [2.45, 2.75) is 12.5 Å².